The molecule has 18 heavy (non-hydrogen) atoms. The molecule has 0 radical (unpaired) electrons. The molecule has 98 valence electrons. The van der Waals surface area contributed by atoms with E-state index in [1.54, 1.807) is 6.20 Å². The van der Waals surface area contributed by atoms with Crippen LogP contribution in [0, 0.1) is 0 Å². The molecule has 0 amide bonds. The number of nitrogens with one attached hydrogen (secondary N) is 1. The van der Waals surface area contributed by atoms with E-state index < -0.39 is 0 Å². The summed E-state index contributed by atoms with van der Waals surface area (Å²) in [6.07, 6.45) is 3.66. The Morgan fingerprint density at radius 2 is 1.78 bits per heavy atom. The largest absolute Gasteiger partial charge is 0.496 e. The quantitative estimate of drug-likeness (QED) is 0.813. The molecule has 1 fully saturated rings. The predicted molar refractivity (Wildman–Crippen MR) is 72.7 cm³/mol. The van der Waals surface area contributed by atoms with Gasteiger partial charge >= 0.3 is 7.12 Å². The Labute approximate surface area is 109 Å². The first kappa shape index (κ1) is 13.5. The highest BCUT2D eigenvalue weighted by atomic mass is 16.7. The summed E-state index contributed by atoms with van der Waals surface area (Å²) in [5.74, 6) is 0. The first-order chi connectivity index (χ1) is 8.36. The van der Waals surface area contributed by atoms with Crippen molar-refractivity contribution < 1.29 is 9.31 Å². The van der Waals surface area contributed by atoms with E-state index in [9.17, 15) is 0 Å². The molecule has 0 bridgehead atoms. The molecule has 5 heteroatoms. The second-order valence-corrected chi connectivity index (χ2v) is 5.75. The maximum Gasteiger partial charge on any atom is 0.496 e. The fourth-order valence-electron chi connectivity index (χ4n) is 1.92. The van der Waals surface area contributed by atoms with Crippen LogP contribution in [0.25, 0.3) is 0 Å². The first-order valence-electron chi connectivity index (χ1n) is 6.30. The molecule has 0 spiro atoms. The van der Waals surface area contributed by atoms with E-state index in [0.29, 0.717) is 0 Å². The van der Waals surface area contributed by atoms with Crippen LogP contribution in [0.4, 0.5) is 0 Å². The van der Waals surface area contributed by atoms with Gasteiger partial charge in [0.15, 0.2) is 0 Å². The zero-order chi connectivity index (χ0) is 13.4. The molecule has 1 aromatic heterocycles. The zero-order valence-electron chi connectivity index (χ0n) is 11.8. The number of hydrogen-bond acceptors (Lipinski definition) is 4. The van der Waals surface area contributed by atoms with Gasteiger partial charge in [0.25, 0.3) is 0 Å². The molecule has 2 heterocycles. The monoisotopic (exact) mass is 248 g/mol. The maximum absolute atomic E-state index is 6.00. The molecule has 1 aliphatic rings. The van der Waals surface area contributed by atoms with Crippen molar-refractivity contribution in [2.75, 3.05) is 7.05 Å². The molecule has 0 aromatic carbocycles. The third-order valence-electron chi connectivity index (χ3n) is 3.72. The molecule has 0 aliphatic carbocycles. The van der Waals surface area contributed by atoms with Gasteiger partial charge in [0.2, 0.25) is 0 Å². The summed E-state index contributed by atoms with van der Waals surface area (Å²) in [5.41, 5.74) is 1.49. The van der Waals surface area contributed by atoms with Crippen molar-refractivity contribution in [3.05, 3.63) is 24.0 Å². The third kappa shape index (κ3) is 2.43. The Morgan fingerprint density at radius 1 is 1.17 bits per heavy atom. The lowest BCUT2D eigenvalue weighted by Gasteiger charge is -2.32. The summed E-state index contributed by atoms with van der Waals surface area (Å²) in [4.78, 5) is 4.24. The number of pyridine rings is 1. The van der Waals surface area contributed by atoms with Crippen LogP contribution < -0.4 is 10.8 Å². The van der Waals surface area contributed by atoms with Gasteiger partial charge in [-0.05, 0) is 40.3 Å². The van der Waals surface area contributed by atoms with Crippen molar-refractivity contribution in [1.82, 2.24) is 10.3 Å². The topological polar surface area (TPSA) is 43.4 Å². The Kier molecular flexibility index (Phi) is 3.49. The molecule has 1 aliphatic heterocycles. The summed E-state index contributed by atoms with van der Waals surface area (Å²) < 4.78 is 12.0. The smallest absolute Gasteiger partial charge is 0.399 e. The molecule has 1 aromatic rings. The molecular weight excluding hydrogens is 227 g/mol. The summed E-state index contributed by atoms with van der Waals surface area (Å²) in [6, 6.07) is 2.08. The standard InChI is InChI=1S/C13H21BN2O2/c1-12(2)13(3,4)18-14(17-12)11-6-10(7-15-5)8-16-9-11/h6,8-9,15H,7H2,1-5H3. The molecule has 4 nitrogen and oxygen atoms in total. The van der Waals surface area contributed by atoms with Crippen molar-refractivity contribution in [2.45, 2.75) is 45.4 Å². The molecule has 0 saturated carbocycles. The minimum atomic E-state index is -0.334. The summed E-state index contributed by atoms with van der Waals surface area (Å²) >= 11 is 0. The van der Waals surface area contributed by atoms with Crippen molar-refractivity contribution in [1.29, 1.82) is 0 Å². The van der Waals surface area contributed by atoms with Crippen LogP contribution in [0.1, 0.15) is 33.3 Å². The van der Waals surface area contributed by atoms with E-state index in [-0.39, 0.29) is 18.3 Å². The van der Waals surface area contributed by atoms with Gasteiger partial charge in [-0.15, -0.1) is 0 Å². The van der Waals surface area contributed by atoms with Gasteiger partial charge in [-0.1, -0.05) is 6.07 Å². The molecule has 1 N–H and O–H groups in total. The average molecular weight is 248 g/mol. The molecule has 0 unspecified atom stereocenters. The second-order valence-electron chi connectivity index (χ2n) is 5.75. The summed E-state index contributed by atoms with van der Waals surface area (Å²) in [6.45, 7) is 9.01. The Balaban J connectivity index is 2.21. The van der Waals surface area contributed by atoms with Crippen LogP contribution in [-0.2, 0) is 15.9 Å². The minimum absolute atomic E-state index is 0.309. The molecule has 0 atom stereocenters. The van der Waals surface area contributed by atoms with E-state index in [2.05, 4.69) is 44.1 Å². The van der Waals surface area contributed by atoms with E-state index in [1.807, 2.05) is 13.2 Å². The number of aromatic nitrogens is 1. The third-order valence-corrected chi connectivity index (χ3v) is 3.72. The lowest BCUT2D eigenvalue weighted by molar-refractivity contribution is 0.00578. The molecular formula is C13H21BN2O2. The Bertz CT molecular complexity index is 419. The van der Waals surface area contributed by atoms with Gasteiger partial charge in [-0.25, -0.2) is 0 Å². The molecule has 2 rings (SSSR count). The van der Waals surface area contributed by atoms with E-state index in [4.69, 9.17) is 9.31 Å². The van der Waals surface area contributed by atoms with Crippen molar-refractivity contribution in [3.63, 3.8) is 0 Å². The van der Waals surface area contributed by atoms with Gasteiger partial charge in [-0.3, -0.25) is 4.98 Å². The van der Waals surface area contributed by atoms with Crippen LogP contribution in [0.3, 0.4) is 0 Å². The van der Waals surface area contributed by atoms with Crippen molar-refractivity contribution in [3.8, 4) is 0 Å². The van der Waals surface area contributed by atoms with Crippen LogP contribution in [0.5, 0.6) is 0 Å². The van der Waals surface area contributed by atoms with Gasteiger partial charge < -0.3 is 14.6 Å². The SMILES string of the molecule is CNCc1cncc(B2OC(C)(C)C(C)(C)O2)c1. The fraction of sp³-hybridized carbons (Fsp3) is 0.615. The first-order valence-corrected chi connectivity index (χ1v) is 6.30. The highest BCUT2D eigenvalue weighted by molar-refractivity contribution is 6.62. The Hall–Kier alpha value is -0.905. The maximum atomic E-state index is 6.00. The lowest BCUT2D eigenvalue weighted by Crippen LogP contribution is -2.41. The second kappa shape index (κ2) is 4.65. The number of hydrogen-bond donors (Lipinski definition) is 1. The normalized spacial score (nSPS) is 21.3. The van der Waals surface area contributed by atoms with Gasteiger partial charge in [0, 0.05) is 24.4 Å². The van der Waals surface area contributed by atoms with Gasteiger partial charge in [0.05, 0.1) is 11.2 Å². The van der Waals surface area contributed by atoms with Gasteiger partial charge in [0.1, 0.15) is 0 Å². The van der Waals surface area contributed by atoms with Crippen molar-refractivity contribution in [2.24, 2.45) is 0 Å². The van der Waals surface area contributed by atoms with Crippen LogP contribution in [0.15, 0.2) is 18.5 Å². The highest BCUT2D eigenvalue weighted by Gasteiger charge is 2.51. The molecule has 1 saturated heterocycles. The average Bonchev–Trinajstić information content (AvgIpc) is 2.49. The lowest BCUT2D eigenvalue weighted by atomic mass is 9.80. The van der Waals surface area contributed by atoms with E-state index >= 15 is 0 Å². The summed E-state index contributed by atoms with van der Waals surface area (Å²) in [7, 11) is 1.58. The number of rotatable bonds is 3. The van der Waals surface area contributed by atoms with Crippen LogP contribution in [-0.4, -0.2) is 30.4 Å². The van der Waals surface area contributed by atoms with E-state index in [0.717, 1.165) is 17.6 Å². The van der Waals surface area contributed by atoms with E-state index in [1.165, 1.54) is 0 Å². The van der Waals surface area contributed by atoms with Crippen molar-refractivity contribution >= 4 is 12.6 Å². The highest BCUT2D eigenvalue weighted by Crippen LogP contribution is 2.36. The van der Waals surface area contributed by atoms with Crippen LogP contribution in [0.2, 0.25) is 0 Å². The van der Waals surface area contributed by atoms with Gasteiger partial charge in [-0.2, -0.15) is 0 Å². The zero-order valence-corrected chi connectivity index (χ0v) is 11.8. The number of nitrogens with zero attached hydrogens (tertiary/aromatic N) is 1. The predicted octanol–water partition coefficient (Wildman–Crippen LogP) is 1.10. The van der Waals surface area contributed by atoms with Crippen LogP contribution >= 0.6 is 0 Å². The fourth-order valence-corrected chi connectivity index (χ4v) is 1.92. The summed E-state index contributed by atoms with van der Waals surface area (Å²) in [5, 5.41) is 3.11. The Morgan fingerprint density at radius 3 is 2.33 bits per heavy atom. The minimum Gasteiger partial charge on any atom is -0.399 e.